The molecule has 1 heterocycles. The van der Waals surface area contributed by atoms with Gasteiger partial charge in [-0.05, 0) is 57.0 Å². The first-order valence-electron chi connectivity index (χ1n) is 8.80. The Kier molecular flexibility index (Phi) is 10.8. The molecule has 0 spiro atoms. The lowest BCUT2D eigenvalue weighted by molar-refractivity contribution is 0.235. The van der Waals surface area contributed by atoms with Gasteiger partial charge >= 0.3 is 0 Å². The third kappa shape index (κ3) is 8.19. The second kappa shape index (κ2) is 12.4. The molecule has 1 aliphatic heterocycles. The smallest absolute Gasteiger partial charge is 0.191 e. The number of nitrogens with zero attached hydrogens (tertiary/aromatic N) is 2. The Morgan fingerprint density at radius 2 is 2.00 bits per heavy atom. The number of likely N-dealkylation sites (tertiary alicyclic amines) is 1. The van der Waals surface area contributed by atoms with Crippen LogP contribution in [0.5, 0.6) is 5.75 Å². The minimum Gasteiger partial charge on any atom is -0.508 e. The van der Waals surface area contributed by atoms with E-state index in [1.807, 2.05) is 18.2 Å². The standard InChI is InChI=1S/C18H30N4O.HI/c1-2-19-18(21-11-14-22-12-4-3-5-13-22)20-10-9-16-7-6-8-17(23)15-16;/h6-8,15,23H,2-5,9-14H2,1H3,(H2,19,20,21);1H. The lowest BCUT2D eigenvalue weighted by Crippen LogP contribution is -2.39. The summed E-state index contributed by atoms with van der Waals surface area (Å²) in [4.78, 5) is 7.16. The molecule has 1 aromatic rings. The summed E-state index contributed by atoms with van der Waals surface area (Å²) >= 11 is 0. The van der Waals surface area contributed by atoms with Gasteiger partial charge in [0, 0.05) is 19.6 Å². The Balaban J connectivity index is 0.00000288. The fourth-order valence-electron chi connectivity index (χ4n) is 2.87. The van der Waals surface area contributed by atoms with E-state index in [0.29, 0.717) is 5.75 Å². The van der Waals surface area contributed by atoms with Gasteiger partial charge in [-0.25, -0.2) is 0 Å². The third-order valence-electron chi connectivity index (χ3n) is 4.10. The van der Waals surface area contributed by atoms with Crippen molar-refractivity contribution in [1.82, 2.24) is 15.5 Å². The van der Waals surface area contributed by atoms with Crippen LogP contribution in [0.1, 0.15) is 31.7 Å². The van der Waals surface area contributed by atoms with Crippen molar-refractivity contribution in [1.29, 1.82) is 0 Å². The van der Waals surface area contributed by atoms with Gasteiger partial charge in [-0.15, -0.1) is 24.0 Å². The first-order chi connectivity index (χ1) is 11.3. The molecule has 0 atom stereocenters. The summed E-state index contributed by atoms with van der Waals surface area (Å²) < 4.78 is 0. The molecular formula is C18H31IN4O. The molecule has 0 radical (unpaired) electrons. The van der Waals surface area contributed by atoms with Crippen LogP contribution in [0.25, 0.3) is 0 Å². The molecule has 6 heteroatoms. The lowest BCUT2D eigenvalue weighted by Gasteiger charge is -2.25. The molecule has 3 N–H and O–H groups in total. The number of guanidine groups is 1. The molecule has 1 fully saturated rings. The van der Waals surface area contributed by atoms with Gasteiger partial charge in [-0.3, -0.25) is 4.99 Å². The van der Waals surface area contributed by atoms with E-state index < -0.39 is 0 Å². The Morgan fingerprint density at radius 3 is 2.71 bits per heavy atom. The minimum atomic E-state index is 0. The van der Waals surface area contributed by atoms with Crippen LogP contribution in [0, 0.1) is 0 Å². The molecule has 136 valence electrons. The maximum absolute atomic E-state index is 9.48. The highest BCUT2D eigenvalue weighted by atomic mass is 127. The predicted molar refractivity (Wildman–Crippen MR) is 111 cm³/mol. The van der Waals surface area contributed by atoms with Gasteiger partial charge in [-0.1, -0.05) is 18.6 Å². The zero-order valence-electron chi connectivity index (χ0n) is 14.6. The van der Waals surface area contributed by atoms with Crippen LogP contribution in [0.15, 0.2) is 29.3 Å². The van der Waals surface area contributed by atoms with Crippen molar-refractivity contribution in [2.24, 2.45) is 4.99 Å². The summed E-state index contributed by atoms with van der Waals surface area (Å²) in [5.74, 6) is 1.20. The molecule has 5 nitrogen and oxygen atoms in total. The summed E-state index contributed by atoms with van der Waals surface area (Å²) in [5.41, 5.74) is 1.13. The van der Waals surface area contributed by atoms with Crippen molar-refractivity contribution < 1.29 is 5.11 Å². The number of benzene rings is 1. The van der Waals surface area contributed by atoms with Crippen LogP contribution in [0.2, 0.25) is 0 Å². The van der Waals surface area contributed by atoms with Crippen LogP contribution < -0.4 is 10.6 Å². The van der Waals surface area contributed by atoms with Gasteiger partial charge < -0.3 is 20.6 Å². The van der Waals surface area contributed by atoms with Crippen molar-refractivity contribution in [3.05, 3.63) is 29.8 Å². The number of rotatable bonds is 7. The van der Waals surface area contributed by atoms with E-state index in [1.54, 1.807) is 6.07 Å². The molecule has 0 aromatic heterocycles. The third-order valence-corrected chi connectivity index (χ3v) is 4.10. The van der Waals surface area contributed by atoms with Gasteiger partial charge in [0.25, 0.3) is 0 Å². The topological polar surface area (TPSA) is 59.9 Å². The average Bonchev–Trinajstić information content (AvgIpc) is 2.56. The van der Waals surface area contributed by atoms with Gasteiger partial charge in [0.1, 0.15) is 5.75 Å². The number of nitrogens with one attached hydrogen (secondary N) is 2. The largest absolute Gasteiger partial charge is 0.508 e. The summed E-state index contributed by atoms with van der Waals surface area (Å²) in [7, 11) is 0. The number of phenols is 1. The number of hydrogen-bond donors (Lipinski definition) is 3. The summed E-state index contributed by atoms with van der Waals surface area (Å²) in [5, 5.41) is 16.1. The van der Waals surface area contributed by atoms with E-state index in [2.05, 4.69) is 27.4 Å². The molecule has 0 aliphatic carbocycles. The molecule has 0 bridgehead atoms. The Bertz CT molecular complexity index is 490. The van der Waals surface area contributed by atoms with Crippen LogP contribution in [0.3, 0.4) is 0 Å². The molecular weight excluding hydrogens is 415 g/mol. The van der Waals surface area contributed by atoms with Crippen LogP contribution in [-0.4, -0.2) is 55.2 Å². The number of piperidine rings is 1. The molecule has 0 unspecified atom stereocenters. The number of hydrogen-bond acceptors (Lipinski definition) is 3. The van der Waals surface area contributed by atoms with Gasteiger partial charge in [-0.2, -0.15) is 0 Å². The average molecular weight is 446 g/mol. The normalized spacial score (nSPS) is 15.6. The van der Waals surface area contributed by atoms with Crippen molar-refractivity contribution >= 4 is 29.9 Å². The Hall–Kier alpha value is -1.02. The van der Waals surface area contributed by atoms with Crippen molar-refractivity contribution in [2.75, 3.05) is 39.3 Å². The fourth-order valence-corrected chi connectivity index (χ4v) is 2.87. The number of phenolic OH excluding ortho intramolecular Hbond substituents is 1. The zero-order chi connectivity index (χ0) is 16.3. The molecule has 2 rings (SSSR count). The van der Waals surface area contributed by atoms with Crippen LogP contribution >= 0.6 is 24.0 Å². The van der Waals surface area contributed by atoms with Crippen molar-refractivity contribution in [3.8, 4) is 5.75 Å². The quantitative estimate of drug-likeness (QED) is 0.343. The number of halogens is 1. The van der Waals surface area contributed by atoms with Crippen LogP contribution in [0.4, 0.5) is 0 Å². The molecule has 24 heavy (non-hydrogen) atoms. The van der Waals surface area contributed by atoms with E-state index in [4.69, 9.17) is 0 Å². The predicted octanol–water partition coefficient (Wildman–Crippen LogP) is 2.59. The number of aliphatic imine (C=N–C) groups is 1. The van der Waals surface area contributed by atoms with E-state index in [0.717, 1.165) is 44.1 Å². The molecule has 1 aromatic carbocycles. The minimum absolute atomic E-state index is 0. The molecule has 1 aliphatic rings. The second-order valence-electron chi connectivity index (χ2n) is 6.01. The van der Waals surface area contributed by atoms with Gasteiger partial charge in [0.2, 0.25) is 0 Å². The maximum atomic E-state index is 9.48. The van der Waals surface area contributed by atoms with Gasteiger partial charge in [0.05, 0.1) is 6.54 Å². The van der Waals surface area contributed by atoms with Crippen LogP contribution in [-0.2, 0) is 6.42 Å². The number of aromatic hydroxyl groups is 1. The lowest BCUT2D eigenvalue weighted by atomic mass is 10.1. The van der Waals surface area contributed by atoms with Crippen molar-refractivity contribution in [3.63, 3.8) is 0 Å². The summed E-state index contributed by atoms with van der Waals surface area (Å²) in [6.07, 6.45) is 4.89. The summed E-state index contributed by atoms with van der Waals surface area (Å²) in [6, 6.07) is 7.41. The van der Waals surface area contributed by atoms with E-state index in [1.165, 1.54) is 32.4 Å². The monoisotopic (exact) mass is 446 g/mol. The summed E-state index contributed by atoms with van der Waals surface area (Å²) in [6.45, 7) is 8.07. The molecule has 0 amide bonds. The molecule has 1 saturated heterocycles. The van der Waals surface area contributed by atoms with E-state index in [-0.39, 0.29) is 24.0 Å². The first-order valence-corrected chi connectivity index (χ1v) is 8.80. The first kappa shape index (κ1) is 21.0. The fraction of sp³-hybridized carbons (Fsp3) is 0.611. The Morgan fingerprint density at radius 1 is 1.21 bits per heavy atom. The highest BCUT2D eigenvalue weighted by Crippen LogP contribution is 2.10. The van der Waals surface area contributed by atoms with E-state index in [9.17, 15) is 5.11 Å². The highest BCUT2D eigenvalue weighted by molar-refractivity contribution is 14.0. The van der Waals surface area contributed by atoms with E-state index >= 15 is 0 Å². The highest BCUT2D eigenvalue weighted by Gasteiger charge is 2.08. The maximum Gasteiger partial charge on any atom is 0.191 e. The SMILES string of the molecule is CCNC(=NCCN1CCCCC1)NCCc1cccc(O)c1.I. The second-order valence-corrected chi connectivity index (χ2v) is 6.01. The Labute approximate surface area is 162 Å². The molecule has 0 saturated carbocycles. The van der Waals surface area contributed by atoms with Gasteiger partial charge in [0.15, 0.2) is 5.96 Å². The van der Waals surface area contributed by atoms with Crippen molar-refractivity contribution in [2.45, 2.75) is 32.6 Å². The zero-order valence-corrected chi connectivity index (χ0v) is 17.0.